The number of nitrogens with two attached hydrogens (primary N) is 2. The van der Waals surface area contributed by atoms with Gasteiger partial charge < -0.3 is 30.4 Å². The van der Waals surface area contributed by atoms with Crippen molar-refractivity contribution in [3.63, 3.8) is 0 Å². The second-order valence-corrected chi connectivity index (χ2v) is 12.8. The number of anilines is 1. The lowest BCUT2D eigenvalue weighted by Gasteiger charge is -2.42. The van der Waals surface area contributed by atoms with E-state index in [0.29, 0.717) is 73.4 Å². The van der Waals surface area contributed by atoms with E-state index in [2.05, 4.69) is 20.8 Å². The van der Waals surface area contributed by atoms with Gasteiger partial charge in [-0.3, -0.25) is 0 Å². The maximum absolute atomic E-state index is 15.0. The quantitative estimate of drug-likeness (QED) is 0.319. The van der Waals surface area contributed by atoms with Crippen molar-refractivity contribution in [3.8, 4) is 11.3 Å². The summed E-state index contributed by atoms with van der Waals surface area (Å²) in [6.07, 6.45) is 2.46. The topological polar surface area (TPSA) is 116 Å². The lowest BCUT2D eigenvalue weighted by molar-refractivity contribution is 0.0848. The van der Waals surface area contributed by atoms with Gasteiger partial charge in [-0.25, -0.2) is 14.2 Å². The molecule has 1 saturated heterocycles. The van der Waals surface area contributed by atoms with Gasteiger partial charge in [-0.15, -0.1) is 0 Å². The summed E-state index contributed by atoms with van der Waals surface area (Å²) in [6.45, 7) is 8.50. The first kappa shape index (κ1) is 28.9. The molecule has 4 N–H and O–H groups in total. The van der Waals surface area contributed by atoms with Crippen molar-refractivity contribution in [2.24, 2.45) is 11.1 Å². The third-order valence-electron chi connectivity index (χ3n) is 6.94. The minimum Gasteiger partial charge on any atom is -0.616 e. The number of aromatic nitrogens is 2. The number of nitrogen functional groups attached to an aromatic ring is 1. The van der Waals surface area contributed by atoms with E-state index in [9.17, 15) is 13.7 Å². The molecule has 3 aromatic rings. The predicted octanol–water partition coefficient (Wildman–Crippen LogP) is 4.24. The average Bonchev–Trinajstić information content (AvgIpc) is 3.30. The summed E-state index contributed by atoms with van der Waals surface area (Å²) >= 11 is -0.903. The summed E-state index contributed by atoms with van der Waals surface area (Å²) in [5.41, 5.74) is 13.8. The number of amides is 2. The van der Waals surface area contributed by atoms with Crippen molar-refractivity contribution >= 4 is 22.9 Å². The molecule has 1 aromatic heterocycles. The van der Waals surface area contributed by atoms with E-state index in [1.54, 1.807) is 11.0 Å². The Morgan fingerprint density at radius 2 is 1.87 bits per heavy atom. The molecule has 1 atom stereocenters. The highest BCUT2D eigenvalue weighted by molar-refractivity contribution is 7.91. The second-order valence-electron chi connectivity index (χ2n) is 11.1. The van der Waals surface area contributed by atoms with E-state index in [0.717, 1.165) is 5.56 Å². The zero-order valence-electron chi connectivity index (χ0n) is 23.0. The Bertz CT molecular complexity index is 1250. The molecule has 8 nitrogen and oxygen atoms in total. The molecule has 2 amide bonds. The number of carbonyl (C=O) groups excluding carboxylic acids is 1. The number of hydrogen-bond acceptors (Lipinski definition) is 5. The summed E-state index contributed by atoms with van der Waals surface area (Å²) in [4.78, 5) is 22.6. The molecule has 0 radical (unpaired) electrons. The van der Waals surface area contributed by atoms with Crippen molar-refractivity contribution in [3.05, 3.63) is 71.9 Å². The molecule has 39 heavy (non-hydrogen) atoms. The first-order valence-electron chi connectivity index (χ1n) is 13.4. The number of nitrogens with zero attached hydrogens (tertiary/aromatic N) is 4. The molecule has 1 fully saturated rings. The SMILES string of the molecule is CC(C)(C)[C@H](c1nc(-c2cc(N)ccc2F)cn1Cc1ccccc1)N(CCCN)C(=O)N1CC[S+]([O-])CC1. The molecule has 2 aromatic carbocycles. The predicted molar refractivity (Wildman–Crippen MR) is 155 cm³/mol. The van der Waals surface area contributed by atoms with Crippen LogP contribution in [0.3, 0.4) is 0 Å². The molecule has 4 rings (SSSR count). The van der Waals surface area contributed by atoms with Crippen LogP contribution in [0.4, 0.5) is 14.9 Å². The van der Waals surface area contributed by atoms with Crippen LogP contribution in [0.5, 0.6) is 0 Å². The Morgan fingerprint density at radius 3 is 2.51 bits per heavy atom. The van der Waals surface area contributed by atoms with Gasteiger partial charge in [0.1, 0.15) is 23.1 Å². The molecular weight excluding hydrogens is 515 g/mol. The fraction of sp³-hybridized carbons (Fsp3) is 0.448. The Kier molecular flexibility index (Phi) is 9.19. The molecular formula is C29H39FN6O2S. The fourth-order valence-electron chi connectivity index (χ4n) is 5.03. The van der Waals surface area contributed by atoms with Gasteiger partial charge in [0.05, 0.1) is 24.8 Å². The summed E-state index contributed by atoms with van der Waals surface area (Å²) in [5, 5.41) is 0. The first-order valence-corrected chi connectivity index (χ1v) is 14.8. The van der Waals surface area contributed by atoms with E-state index >= 15 is 0 Å². The fourth-order valence-corrected chi connectivity index (χ4v) is 6.08. The van der Waals surface area contributed by atoms with Crippen LogP contribution in [0.1, 0.15) is 44.6 Å². The van der Waals surface area contributed by atoms with Crippen molar-refractivity contribution in [1.29, 1.82) is 0 Å². The number of rotatable bonds is 8. The van der Waals surface area contributed by atoms with Gasteiger partial charge in [-0.1, -0.05) is 62.3 Å². The molecule has 0 spiro atoms. The monoisotopic (exact) mass is 554 g/mol. The van der Waals surface area contributed by atoms with Crippen LogP contribution in [0.2, 0.25) is 0 Å². The molecule has 0 bridgehead atoms. The molecule has 0 aliphatic carbocycles. The van der Waals surface area contributed by atoms with Crippen LogP contribution in [0.25, 0.3) is 11.3 Å². The average molecular weight is 555 g/mol. The number of carbonyl (C=O) groups is 1. The number of imidazole rings is 1. The lowest BCUT2D eigenvalue weighted by Crippen LogP contribution is -2.53. The summed E-state index contributed by atoms with van der Waals surface area (Å²) in [5.74, 6) is 1.19. The van der Waals surface area contributed by atoms with Crippen LogP contribution in [-0.4, -0.2) is 67.6 Å². The Hall–Kier alpha value is -3.08. The summed E-state index contributed by atoms with van der Waals surface area (Å²) in [7, 11) is 0. The Balaban J connectivity index is 1.84. The van der Waals surface area contributed by atoms with E-state index in [-0.39, 0.29) is 6.03 Å². The number of halogens is 1. The molecule has 0 saturated carbocycles. The van der Waals surface area contributed by atoms with Crippen molar-refractivity contribution in [1.82, 2.24) is 19.4 Å². The van der Waals surface area contributed by atoms with Crippen LogP contribution in [0, 0.1) is 11.2 Å². The highest BCUT2D eigenvalue weighted by Crippen LogP contribution is 2.40. The smallest absolute Gasteiger partial charge is 0.320 e. The lowest BCUT2D eigenvalue weighted by atomic mass is 9.84. The van der Waals surface area contributed by atoms with Crippen molar-refractivity contribution in [2.75, 3.05) is 43.4 Å². The van der Waals surface area contributed by atoms with Crippen LogP contribution < -0.4 is 11.5 Å². The van der Waals surface area contributed by atoms with E-state index in [1.807, 2.05) is 46.0 Å². The van der Waals surface area contributed by atoms with Gasteiger partial charge in [0.2, 0.25) is 0 Å². The van der Waals surface area contributed by atoms with Gasteiger partial charge in [0.15, 0.2) is 0 Å². The van der Waals surface area contributed by atoms with Gasteiger partial charge in [-0.2, -0.15) is 0 Å². The van der Waals surface area contributed by atoms with Crippen LogP contribution in [0.15, 0.2) is 54.7 Å². The molecule has 2 heterocycles. The third kappa shape index (κ3) is 6.93. The molecule has 0 unspecified atom stereocenters. The zero-order chi connectivity index (χ0) is 28.2. The highest BCUT2D eigenvalue weighted by atomic mass is 32.2. The van der Waals surface area contributed by atoms with E-state index < -0.39 is 28.4 Å². The largest absolute Gasteiger partial charge is 0.616 e. The Labute approximate surface area is 233 Å². The van der Waals surface area contributed by atoms with Gasteiger partial charge in [0.25, 0.3) is 0 Å². The zero-order valence-corrected chi connectivity index (χ0v) is 23.8. The first-order chi connectivity index (χ1) is 18.6. The van der Waals surface area contributed by atoms with Crippen LogP contribution in [-0.2, 0) is 17.7 Å². The second kappa shape index (κ2) is 12.4. The number of benzene rings is 2. The molecule has 10 heteroatoms. The number of urea groups is 1. The molecule has 1 aliphatic rings. The standard InChI is InChI=1S/C29H39FN6O2S/c1-29(2,3)26(36(13-7-12-31)28(37)34-14-16-39(38)17-15-34)27-33-25(23-18-22(32)10-11-24(23)30)20-35(27)19-21-8-5-4-6-9-21/h4-6,8-11,18,20,26H,7,12-17,19,31-32H2,1-3H3/t26-/m0/s1. The normalized spacial score (nSPS) is 15.4. The van der Waals surface area contributed by atoms with Crippen molar-refractivity contribution < 1.29 is 13.7 Å². The van der Waals surface area contributed by atoms with Gasteiger partial charge in [-0.05, 0) is 42.1 Å². The van der Waals surface area contributed by atoms with E-state index in [4.69, 9.17) is 16.5 Å². The van der Waals surface area contributed by atoms with Crippen molar-refractivity contribution in [2.45, 2.75) is 39.8 Å². The number of hydrogen-bond donors (Lipinski definition) is 2. The summed E-state index contributed by atoms with van der Waals surface area (Å²) < 4.78 is 29.0. The van der Waals surface area contributed by atoms with Crippen LogP contribution >= 0.6 is 0 Å². The maximum atomic E-state index is 15.0. The molecule has 1 aliphatic heterocycles. The minimum atomic E-state index is -0.903. The van der Waals surface area contributed by atoms with Gasteiger partial charge >= 0.3 is 6.03 Å². The third-order valence-corrected chi connectivity index (χ3v) is 8.22. The minimum absolute atomic E-state index is 0.119. The highest BCUT2D eigenvalue weighted by Gasteiger charge is 2.40. The Morgan fingerprint density at radius 1 is 1.18 bits per heavy atom. The molecule has 210 valence electrons. The maximum Gasteiger partial charge on any atom is 0.320 e. The van der Waals surface area contributed by atoms with E-state index in [1.165, 1.54) is 12.1 Å². The van der Waals surface area contributed by atoms with Gasteiger partial charge in [0, 0.05) is 30.5 Å². The summed E-state index contributed by atoms with van der Waals surface area (Å²) in [6, 6.07) is 13.9.